The Morgan fingerprint density at radius 2 is 1.89 bits per heavy atom. The van der Waals surface area contributed by atoms with E-state index in [0.29, 0.717) is 28.8 Å². The summed E-state index contributed by atoms with van der Waals surface area (Å²) in [6, 6.07) is 10.5. The van der Waals surface area contributed by atoms with E-state index in [0.717, 1.165) is 4.90 Å². The maximum absolute atomic E-state index is 12.8. The molecule has 1 fully saturated rings. The molecule has 7 nitrogen and oxygen atoms in total. The summed E-state index contributed by atoms with van der Waals surface area (Å²) in [5.74, 6) is -1.64. The molecule has 9 heteroatoms. The number of imide groups is 1. The molecular weight excluding hydrogens is 405 g/mol. The largest absolute Gasteiger partial charge is 0.494 e. The summed E-state index contributed by atoms with van der Waals surface area (Å²) in [6.07, 6.45) is 0. The van der Waals surface area contributed by atoms with E-state index in [1.807, 2.05) is 6.92 Å². The van der Waals surface area contributed by atoms with Crippen LogP contribution in [-0.4, -0.2) is 31.0 Å². The van der Waals surface area contributed by atoms with Crippen molar-refractivity contribution in [3.8, 4) is 5.75 Å². The number of hydrogen-bond acceptors (Lipinski definition) is 4. The standard InChI is InChI=1S/C19H17Cl2N3O4/c1-2-28-13-6-4-12(5-7-13)24-18(26)14(10-22-19(24)27)17(25)23-11-3-8-15(20)16(21)9-11/h3-9,14H,2,10H2,1H3,(H,22,27)(H,23,25). The summed E-state index contributed by atoms with van der Waals surface area (Å²) < 4.78 is 5.36. The number of amides is 4. The van der Waals surface area contributed by atoms with Crippen LogP contribution in [0.3, 0.4) is 0 Å². The smallest absolute Gasteiger partial charge is 0.328 e. The Balaban J connectivity index is 1.77. The fraction of sp³-hybridized carbons (Fsp3) is 0.211. The minimum atomic E-state index is -1.08. The second kappa shape index (κ2) is 8.50. The van der Waals surface area contributed by atoms with Crippen LogP contribution < -0.4 is 20.3 Å². The van der Waals surface area contributed by atoms with Crippen molar-refractivity contribution in [1.82, 2.24) is 5.32 Å². The molecule has 0 saturated carbocycles. The third-order valence-corrected chi connectivity index (χ3v) is 4.83. The van der Waals surface area contributed by atoms with Crippen molar-refractivity contribution >= 4 is 52.4 Å². The van der Waals surface area contributed by atoms with E-state index in [-0.39, 0.29) is 11.6 Å². The molecule has 146 valence electrons. The van der Waals surface area contributed by atoms with Gasteiger partial charge in [-0.2, -0.15) is 0 Å². The maximum atomic E-state index is 12.8. The molecule has 0 aliphatic carbocycles. The highest BCUT2D eigenvalue weighted by atomic mass is 35.5. The average molecular weight is 422 g/mol. The Kier molecular flexibility index (Phi) is 6.06. The molecule has 2 aromatic carbocycles. The first-order chi connectivity index (χ1) is 13.4. The highest BCUT2D eigenvalue weighted by Crippen LogP contribution is 2.27. The van der Waals surface area contributed by atoms with E-state index in [4.69, 9.17) is 27.9 Å². The molecule has 28 heavy (non-hydrogen) atoms. The number of nitrogens with zero attached hydrogens (tertiary/aromatic N) is 1. The molecule has 3 rings (SSSR count). The molecular formula is C19H17Cl2N3O4. The molecule has 2 N–H and O–H groups in total. The van der Waals surface area contributed by atoms with Gasteiger partial charge in [-0.05, 0) is 49.4 Å². The Morgan fingerprint density at radius 1 is 1.18 bits per heavy atom. The van der Waals surface area contributed by atoms with Gasteiger partial charge in [0.2, 0.25) is 11.8 Å². The van der Waals surface area contributed by atoms with Gasteiger partial charge >= 0.3 is 6.03 Å². The van der Waals surface area contributed by atoms with Crippen LogP contribution in [0.4, 0.5) is 16.2 Å². The molecule has 1 aliphatic rings. The van der Waals surface area contributed by atoms with Crippen LogP contribution in [0.25, 0.3) is 0 Å². The summed E-state index contributed by atoms with van der Waals surface area (Å²) >= 11 is 11.8. The Bertz CT molecular complexity index is 918. The molecule has 2 aromatic rings. The first-order valence-electron chi connectivity index (χ1n) is 8.51. The highest BCUT2D eigenvalue weighted by molar-refractivity contribution is 6.42. The number of ether oxygens (including phenoxy) is 1. The third kappa shape index (κ3) is 4.21. The number of halogens is 2. The lowest BCUT2D eigenvalue weighted by Crippen LogP contribution is -2.58. The summed E-state index contributed by atoms with van der Waals surface area (Å²) in [7, 11) is 0. The lowest BCUT2D eigenvalue weighted by Gasteiger charge is -2.30. The minimum absolute atomic E-state index is 0.0989. The number of urea groups is 1. The molecule has 1 heterocycles. The molecule has 1 saturated heterocycles. The molecule has 1 atom stereocenters. The van der Waals surface area contributed by atoms with Crippen LogP contribution in [0.1, 0.15) is 6.92 Å². The van der Waals surface area contributed by atoms with Gasteiger partial charge in [-0.3, -0.25) is 9.59 Å². The van der Waals surface area contributed by atoms with Crippen molar-refractivity contribution in [3.63, 3.8) is 0 Å². The lowest BCUT2D eigenvalue weighted by molar-refractivity contribution is -0.130. The second-order valence-corrected chi connectivity index (χ2v) is 6.77. The van der Waals surface area contributed by atoms with Crippen LogP contribution >= 0.6 is 23.2 Å². The molecule has 1 unspecified atom stereocenters. The van der Waals surface area contributed by atoms with Crippen LogP contribution in [0.2, 0.25) is 10.0 Å². The quantitative estimate of drug-likeness (QED) is 0.720. The van der Waals surface area contributed by atoms with Gasteiger partial charge in [0.25, 0.3) is 0 Å². The summed E-state index contributed by atoms with van der Waals surface area (Å²) in [5, 5.41) is 5.81. The van der Waals surface area contributed by atoms with E-state index in [1.54, 1.807) is 30.3 Å². The number of rotatable bonds is 5. The van der Waals surface area contributed by atoms with E-state index in [1.165, 1.54) is 12.1 Å². The SMILES string of the molecule is CCOc1ccc(N2C(=O)NCC(C(=O)Nc3ccc(Cl)c(Cl)c3)C2=O)cc1. The van der Waals surface area contributed by atoms with E-state index in [2.05, 4.69) is 10.6 Å². The van der Waals surface area contributed by atoms with Crippen molar-refractivity contribution in [3.05, 3.63) is 52.5 Å². The summed E-state index contributed by atoms with van der Waals surface area (Å²) in [4.78, 5) is 38.6. The second-order valence-electron chi connectivity index (χ2n) is 5.96. The molecule has 4 amide bonds. The average Bonchev–Trinajstić information content (AvgIpc) is 2.66. The number of hydrogen-bond donors (Lipinski definition) is 2. The number of benzene rings is 2. The Labute approximate surface area is 171 Å². The minimum Gasteiger partial charge on any atom is -0.494 e. The third-order valence-electron chi connectivity index (χ3n) is 4.09. The predicted molar refractivity (Wildman–Crippen MR) is 107 cm³/mol. The van der Waals surface area contributed by atoms with Gasteiger partial charge in [-0.25, -0.2) is 9.69 Å². The van der Waals surface area contributed by atoms with Gasteiger partial charge in [-0.15, -0.1) is 0 Å². The van der Waals surface area contributed by atoms with Gasteiger partial charge in [0.05, 0.1) is 22.3 Å². The number of carbonyl (C=O) groups is 3. The zero-order valence-corrected chi connectivity index (χ0v) is 16.4. The highest BCUT2D eigenvalue weighted by Gasteiger charge is 2.39. The molecule has 0 spiro atoms. The lowest BCUT2D eigenvalue weighted by atomic mass is 10.0. The molecule has 0 bridgehead atoms. The maximum Gasteiger partial charge on any atom is 0.328 e. The Morgan fingerprint density at radius 3 is 2.54 bits per heavy atom. The van der Waals surface area contributed by atoms with Gasteiger partial charge in [0, 0.05) is 12.2 Å². The number of anilines is 2. The van der Waals surface area contributed by atoms with Crippen LogP contribution in [-0.2, 0) is 9.59 Å². The van der Waals surface area contributed by atoms with Crippen molar-refractivity contribution in [1.29, 1.82) is 0 Å². The normalized spacial score (nSPS) is 16.5. The molecule has 0 radical (unpaired) electrons. The van der Waals surface area contributed by atoms with Gasteiger partial charge in [0.15, 0.2) is 0 Å². The Hall–Kier alpha value is -2.77. The van der Waals surface area contributed by atoms with Crippen LogP contribution in [0.15, 0.2) is 42.5 Å². The van der Waals surface area contributed by atoms with Gasteiger partial charge in [0.1, 0.15) is 11.7 Å². The zero-order valence-electron chi connectivity index (χ0n) is 14.9. The predicted octanol–water partition coefficient (Wildman–Crippen LogP) is 3.70. The van der Waals surface area contributed by atoms with Gasteiger partial charge in [-0.1, -0.05) is 23.2 Å². The van der Waals surface area contributed by atoms with Crippen molar-refractivity contribution in [2.75, 3.05) is 23.4 Å². The van der Waals surface area contributed by atoms with Crippen molar-refractivity contribution in [2.24, 2.45) is 5.92 Å². The molecule has 0 aromatic heterocycles. The van der Waals surface area contributed by atoms with E-state index < -0.39 is 23.8 Å². The zero-order chi connectivity index (χ0) is 20.3. The fourth-order valence-electron chi connectivity index (χ4n) is 2.72. The number of carbonyl (C=O) groups excluding carboxylic acids is 3. The number of nitrogens with one attached hydrogen (secondary N) is 2. The first kappa shape index (κ1) is 20.0. The topological polar surface area (TPSA) is 87.7 Å². The monoisotopic (exact) mass is 421 g/mol. The fourth-order valence-corrected chi connectivity index (χ4v) is 3.02. The molecule has 1 aliphatic heterocycles. The summed E-state index contributed by atoms with van der Waals surface area (Å²) in [5.41, 5.74) is 0.745. The van der Waals surface area contributed by atoms with E-state index in [9.17, 15) is 14.4 Å². The first-order valence-corrected chi connectivity index (χ1v) is 9.27. The summed E-state index contributed by atoms with van der Waals surface area (Å²) in [6.45, 7) is 2.25. The van der Waals surface area contributed by atoms with E-state index >= 15 is 0 Å². The van der Waals surface area contributed by atoms with Crippen LogP contribution in [0, 0.1) is 5.92 Å². The van der Waals surface area contributed by atoms with Crippen molar-refractivity contribution in [2.45, 2.75) is 6.92 Å². The van der Waals surface area contributed by atoms with Crippen molar-refractivity contribution < 1.29 is 19.1 Å². The van der Waals surface area contributed by atoms with Crippen LogP contribution in [0.5, 0.6) is 5.75 Å². The van der Waals surface area contributed by atoms with Gasteiger partial charge < -0.3 is 15.4 Å².